The highest BCUT2D eigenvalue weighted by Crippen LogP contribution is 2.31. The average molecular weight is 392 g/mol. The minimum Gasteiger partial charge on any atom is -0.340 e. The minimum atomic E-state index is -4.49. The molecule has 0 fully saturated rings. The summed E-state index contributed by atoms with van der Waals surface area (Å²) in [7, 11) is 0. The minimum absolute atomic E-state index is 0.0346. The van der Waals surface area contributed by atoms with E-state index in [0.717, 1.165) is 12.1 Å². The number of benzene rings is 2. The lowest BCUT2D eigenvalue weighted by Gasteiger charge is -2.13. The highest BCUT2D eigenvalue weighted by Gasteiger charge is 2.30. The van der Waals surface area contributed by atoms with E-state index in [4.69, 9.17) is 11.6 Å². The Balaban J connectivity index is 1.84. The normalized spacial score (nSPS) is 11.1. The van der Waals surface area contributed by atoms with Crippen LogP contribution in [0.4, 0.5) is 30.4 Å². The molecule has 1 aromatic heterocycles. The molecule has 0 aliphatic heterocycles. The van der Waals surface area contributed by atoms with Crippen molar-refractivity contribution >= 4 is 34.7 Å². The summed E-state index contributed by atoms with van der Waals surface area (Å²) >= 11 is 5.94. The van der Waals surface area contributed by atoms with Crippen LogP contribution in [-0.4, -0.2) is 10.9 Å². The van der Waals surface area contributed by atoms with Gasteiger partial charge in [0.15, 0.2) is 0 Å². The number of nitrogens with one attached hydrogen (secondary N) is 2. The van der Waals surface area contributed by atoms with Crippen LogP contribution in [0, 0.1) is 0 Å². The van der Waals surface area contributed by atoms with Gasteiger partial charge in [-0.2, -0.15) is 13.2 Å². The molecular weight excluding hydrogens is 379 g/mol. The molecule has 27 heavy (non-hydrogen) atoms. The topological polar surface area (TPSA) is 54.0 Å². The van der Waals surface area contributed by atoms with Crippen LogP contribution in [0.25, 0.3) is 0 Å². The third-order valence-electron chi connectivity index (χ3n) is 3.59. The Morgan fingerprint density at radius 1 is 0.963 bits per heavy atom. The molecule has 3 rings (SSSR count). The summed E-state index contributed by atoms with van der Waals surface area (Å²) in [6.45, 7) is 0. The van der Waals surface area contributed by atoms with E-state index in [1.807, 2.05) is 0 Å². The summed E-state index contributed by atoms with van der Waals surface area (Å²) in [5.74, 6) is -0.337. The zero-order chi connectivity index (χ0) is 19.4. The number of aromatic nitrogens is 1. The maximum atomic E-state index is 12.8. The third-order valence-corrected chi connectivity index (χ3v) is 3.82. The summed E-state index contributed by atoms with van der Waals surface area (Å²) in [6, 6.07) is 14.3. The first-order valence-corrected chi connectivity index (χ1v) is 8.17. The Morgan fingerprint density at radius 3 is 2.44 bits per heavy atom. The van der Waals surface area contributed by atoms with Crippen LogP contribution in [0.5, 0.6) is 0 Å². The van der Waals surface area contributed by atoms with Crippen molar-refractivity contribution in [2.75, 3.05) is 10.6 Å². The van der Waals surface area contributed by atoms with Crippen molar-refractivity contribution in [2.24, 2.45) is 0 Å². The summed E-state index contributed by atoms with van der Waals surface area (Å²) in [5, 5.41) is 5.95. The molecule has 0 atom stereocenters. The van der Waals surface area contributed by atoms with Gasteiger partial charge < -0.3 is 10.6 Å². The molecular formula is C19H13ClF3N3O. The molecule has 2 aromatic carbocycles. The lowest BCUT2D eigenvalue weighted by Crippen LogP contribution is -2.15. The zero-order valence-corrected chi connectivity index (χ0v) is 14.5. The van der Waals surface area contributed by atoms with E-state index in [-0.39, 0.29) is 17.1 Å². The van der Waals surface area contributed by atoms with Gasteiger partial charge in [-0.05, 0) is 48.5 Å². The van der Waals surface area contributed by atoms with Crippen molar-refractivity contribution in [1.82, 2.24) is 4.98 Å². The molecule has 2 N–H and O–H groups in total. The smallest absolute Gasteiger partial charge is 0.340 e. The molecule has 138 valence electrons. The summed E-state index contributed by atoms with van der Waals surface area (Å²) in [4.78, 5) is 16.7. The van der Waals surface area contributed by atoms with Crippen LogP contribution in [0.15, 0.2) is 66.9 Å². The van der Waals surface area contributed by atoms with Crippen LogP contribution in [0.1, 0.15) is 15.9 Å². The molecule has 0 radical (unpaired) electrons. The predicted octanol–water partition coefficient (Wildman–Crippen LogP) is 5.75. The summed E-state index contributed by atoms with van der Waals surface area (Å²) < 4.78 is 38.5. The maximum Gasteiger partial charge on any atom is 0.416 e. The first-order valence-electron chi connectivity index (χ1n) is 7.79. The Morgan fingerprint density at radius 2 is 1.70 bits per heavy atom. The molecule has 0 saturated heterocycles. The van der Waals surface area contributed by atoms with Gasteiger partial charge in [0.1, 0.15) is 5.82 Å². The molecule has 8 heteroatoms. The number of hydrogen-bond acceptors (Lipinski definition) is 3. The lowest BCUT2D eigenvalue weighted by atomic mass is 10.1. The summed E-state index contributed by atoms with van der Waals surface area (Å²) in [6.07, 6.45) is -3.00. The van der Waals surface area contributed by atoms with E-state index in [1.165, 1.54) is 24.4 Å². The van der Waals surface area contributed by atoms with E-state index < -0.39 is 17.6 Å². The molecule has 1 amide bonds. The van der Waals surface area contributed by atoms with Crippen molar-refractivity contribution in [3.05, 3.63) is 83.0 Å². The largest absolute Gasteiger partial charge is 0.416 e. The number of amides is 1. The van der Waals surface area contributed by atoms with E-state index in [1.54, 1.807) is 30.3 Å². The highest BCUT2D eigenvalue weighted by molar-refractivity contribution is 6.30. The summed E-state index contributed by atoms with van der Waals surface area (Å²) in [5.41, 5.74) is -0.0136. The highest BCUT2D eigenvalue weighted by atomic mass is 35.5. The number of anilines is 3. The number of rotatable bonds is 4. The van der Waals surface area contributed by atoms with E-state index in [0.29, 0.717) is 10.7 Å². The molecule has 3 aromatic rings. The molecule has 0 unspecified atom stereocenters. The molecule has 0 aliphatic rings. The second kappa shape index (κ2) is 7.67. The van der Waals surface area contributed by atoms with Crippen LogP contribution in [0.3, 0.4) is 0 Å². The Kier molecular flexibility index (Phi) is 5.32. The lowest BCUT2D eigenvalue weighted by molar-refractivity contribution is -0.137. The Labute approximate surface area is 158 Å². The van der Waals surface area contributed by atoms with Crippen LogP contribution in [-0.2, 0) is 6.18 Å². The van der Waals surface area contributed by atoms with Crippen LogP contribution in [0.2, 0.25) is 5.02 Å². The fourth-order valence-corrected chi connectivity index (χ4v) is 2.55. The van der Waals surface area contributed by atoms with Gasteiger partial charge in [-0.3, -0.25) is 4.79 Å². The monoisotopic (exact) mass is 391 g/mol. The van der Waals surface area contributed by atoms with Gasteiger partial charge in [0.25, 0.3) is 5.91 Å². The fraction of sp³-hybridized carbons (Fsp3) is 0.0526. The molecule has 0 spiro atoms. The van der Waals surface area contributed by atoms with Gasteiger partial charge in [0, 0.05) is 22.6 Å². The van der Waals surface area contributed by atoms with Crippen molar-refractivity contribution < 1.29 is 18.0 Å². The number of halogens is 4. The standard InChI is InChI=1S/C19H13ClF3N3O/c20-13-5-2-7-15(11-13)25-17-16(8-3-9-24-17)18(27)26-14-6-1-4-12(10-14)19(21,22)23/h1-11H,(H,24,25)(H,26,27). The van der Waals surface area contributed by atoms with Gasteiger partial charge in [0.2, 0.25) is 0 Å². The maximum absolute atomic E-state index is 12.8. The average Bonchev–Trinajstić information content (AvgIpc) is 2.62. The van der Waals surface area contributed by atoms with Gasteiger partial charge in [0.05, 0.1) is 11.1 Å². The molecule has 0 aliphatic carbocycles. The number of carbonyl (C=O) groups is 1. The van der Waals surface area contributed by atoms with E-state index >= 15 is 0 Å². The van der Waals surface area contributed by atoms with Crippen LogP contribution >= 0.6 is 11.6 Å². The van der Waals surface area contributed by atoms with E-state index in [2.05, 4.69) is 15.6 Å². The third kappa shape index (κ3) is 4.77. The Bertz CT molecular complexity index is 976. The number of carbonyl (C=O) groups excluding carboxylic acids is 1. The second-order valence-electron chi connectivity index (χ2n) is 5.57. The van der Waals surface area contributed by atoms with Gasteiger partial charge >= 0.3 is 6.18 Å². The van der Waals surface area contributed by atoms with Crippen molar-refractivity contribution in [2.45, 2.75) is 6.18 Å². The fourth-order valence-electron chi connectivity index (χ4n) is 2.36. The molecule has 1 heterocycles. The number of hydrogen-bond donors (Lipinski definition) is 2. The quantitative estimate of drug-likeness (QED) is 0.595. The predicted molar refractivity (Wildman–Crippen MR) is 98.4 cm³/mol. The molecule has 0 bridgehead atoms. The van der Waals surface area contributed by atoms with Crippen molar-refractivity contribution in [3.63, 3.8) is 0 Å². The van der Waals surface area contributed by atoms with Crippen molar-refractivity contribution in [1.29, 1.82) is 0 Å². The second-order valence-corrected chi connectivity index (χ2v) is 6.00. The number of alkyl halides is 3. The first kappa shape index (κ1) is 18.7. The van der Waals surface area contributed by atoms with Gasteiger partial charge in [-0.1, -0.05) is 23.7 Å². The number of pyridine rings is 1. The zero-order valence-electron chi connectivity index (χ0n) is 13.7. The Hall–Kier alpha value is -3.06. The SMILES string of the molecule is O=C(Nc1cccc(C(F)(F)F)c1)c1cccnc1Nc1cccc(Cl)c1. The van der Waals surface area contributed by atoms with Crippen molar-refractivity contribution in [3.8, 4) is 0 Å². The molecule has 4 nitrogen and oxygen atoms in total. The molecule has 0 saturated carbocycles. The van der Waals surface area contributed by atoms with E-state index in [9.17, 15) is 18.0 Å². The number of nitrogens with zero attached hydrogens (tertiary/aromatic N) is 1. The first-order chi connectivity index (χ1) is 12.8. The van der Waals surface area contributed by atoms with Gasteiger partial charge in [-0.25, -0.2) is 4.98 Å². The van der Waals surface area contributed by atoms with Crippen LogP contribution < -0.4 is 10.6 Å². The van der Waals surface area contributed by atoms with Gasteiger partial charge in [-0.15, -0.1) is 0 Å².